The van der Waals surface area contributed by atoms with Gasteiger partial charge in [-0.05, 0) is 61.6 Å². The Morgan fingerprint density at radius 2 is 1.58 bits per heavy atom. The van der Waals surface area contributed by atoms with Gasteiger partial charge >= 0.3 is 0 Å². The van der Waals surface area contributed by atoms with Gasteiger partial charge in [-0.2, -0.15) is 0 Å². The third kappa shape index (κ3) is 4.09. The van der Waals surface area contributed by atoms with Gasteiger partial charge in [-0.1, -0.05) is 19.1 Å². The minimum Gasteiger partial charge on any atom is -0.340 e. The van der Waals surface area contributed by atoms with E-state index in [2.05, 4.69) is 4.98 Å². The lowest BCUT2D eigenvalue weighted by atomic mass is 9.77. The smallest absolute Gasteiger partial charge is 0.262 e. The molecule has 4 heterocycles. The molecule has 8 nitrogen and oxygen atoms in total. The van der Waals surface area contributed by atoms with Crippen LogP contribution in [0.25, 0.3) is 0 Å². The van der Waals surface area contributed by atoms with E-state index in [-0.39, 0.29) is 17.2 Å². The summed E-state index contributed by atoms with van der Waals surface area (Å²) in [5.74, 6) is -0.944. The minimum atomic E-state index is -0.801. The van der Waals surface area contributed by atoms with Crippen LogP contribution in [0.4, 0.5) is 0 Å². The monoisotopic (exact) mass is 506 g/mol. The van der Waals surface area contributed by atoms with E-state index in [0.717, 1.165) is 29.2 Å². The first kappa shape index (κ1) is 24.5. The Morgan fingerprint density at radius 1 is 0.972 bits per heavy atom. The highest BCUT2D eigenvalue weighted by Gasteiger charge is 2.47. The molecule has 0 N–H and O–H groups in total. The molecule has 0 radical (unpaired) electrons. The van der Waals surface area contributed by atoms with Crippen LogP contribution in [0.5, 0.6) is 0 Å². The second-order valence-electron chi connectivity index (χ2n) is 9.81. The molecule has 5 rings (SSSR count). The number of imide groups is 1. The van der Waals surface area contributed by atoms with Crippen molar-refractivity contribution in [2.75, 3.05) is 32.4 Å². The van der Waals surface area contributed by atoms with Gasteiger partial charge in [-0.15, -0.1) is 11.8 Å². The van der Waals surface area contributed by atoms with Crippen LogP contribution < -0.4 is 0 Å². The zero-order valence-electron chi connectivity index (χ0n) is 20.6. The first-order chi connectivity index (χ1) is 17.4. The van der Waals surface area contributed by atoms with Crippen molar-refractivity contribution in [1.82, 2.24) is 19.7 Å². The predicted octanol–water partition coefficient (Wildman–Crippen LogP) is 3.33. The van der Waals surface area contributed by atoms with Crippen LogP contribution in [0.15, 0.2) is 47.6 Å². The fourth-order valence-electron chi connectivity index (χ4n) is 5.77. The molecular formula is C27H30N4O4S. The fourth-order valence-corrected chi connectivity index (χ4v) is 6.31. The highest BCUT2D eigenvalue weighted by molar-refractivity contribution is 7.98. The van der Waals surface area contributed by atoms with E-state index in [1.165, 1.54) is 11.8 Å². The number of carbonyl (C=O) groups excluding carboxylic acids is 4. The van der Waals surface area contributed by atoms with E-state index >= 15 is 0 Å². The average molecular weight is 507 g/mol. The lowest BCUT2D eigenvalue weighted by Crippen LogP contribution is -2.51. The van der Waals surface area contributed by atoms with Gasteiger partial charge in [0, 0.05) is 32.4 Å². The molecule has 2 fully saturated rings. The lowest BCUT2D eigenvalue weighted by molar-refractivity contribution is -0.135. The molecule has 1 spiro atoms. The summed E-state index contributed by atoms with van der Waals surface area (Å²) >= 11 is 1.47. The average Bonchev–Trinajstić information content (AvgIpc) is 3.44. The number of aromatic nitrogens is 1. The van der Waals surface area contributed by atoms with Crippen molar-refractivity contribution in [3.63, 3.8) is 0 Å². The van der Waals surface area contributed by atoms with E-state index < -0.39 is 17.9 Å². The molecule has 1 atom stereocenters. The third-order valence-electron chi connectivity index (χ3n) is 7.87. The fraction of sp³-hybridized carbons (Fsp3) is 0.444. The number of piperidine rings is 1. The molecule has 4 amide bonds. The maximum absolute atomic E-state index is 13.6. The van der Waals surface area contributed by atoms with Crippen molar-refractivity contribution >= 4 is 35.4 Å². The molecule has 1 aromatic heterocycles. The number of thioether (sulfide) groups is 1. The Kier molecular flexibility index (Phi) is 6.59. The number of pyridine rings is 1. The van der Waals surface area contributed by atoms with Gasteiger partial charge in [-0.25, -0.2) is 4.98 Å². The summed E-state index contributed by atoms with van der Waals surface area (Å²) < 4.78 is 0. The van der Waals surface area contributed by atoms with Gasteiger partial charge in [0.2, 0.25) is 5.91 Å². The van der Waals surface area contributed by atoms with Crippen LogP contribution in [0.3, 0.4) is 0 Å². The second-order valence-corrected chi connectivity index (χ2v) is 10.6. The molecule has 0 aliphatic carbocycles. The summed E-state index contributed by atoms with van der Waals surface area (Å²) in [5, 5.41) is 0.735. The summed E-state index contributed by atoms with van der Waals surface area (Å²) in [5.41, 5.74) is 1.32. The van der Waals surface area contributed by atoms with Gasteiger partial charge in [0.05, 0.1) is 16.7 Å². The Bertz CT molecular complexity index is 1190. The molecule has 0 saturated carbocycles. The number of likely N-dealkylation sites (tertiary alicyclic amines) is 2. The Hall–Kier alpha value is -3.20. The number of fused-ring (bicyclic) bond motifs is 1. The topological polar surface area (TPSA) is 90.9 Å². The van der Waals surface area contributed by atoms with E-state index in [0.29, 0.717) is 49.3 Å². The standard InChI is InChI=1S/C27H30N4O4S/c1-3-21(31-24(33)18-7-4-5-8-19(18)25(31)34)26(35)30-16-12-27(17-30)10-14-29(15-11-27)23(32)20-9-6-13-28-22(20)36-2/h4-9,13,21H,3,10-12,14-17H2,1-2H3. The van der Waals surface area contributed by atoms with Gasteiger partial charge in [0.25, 0.3) is 17.7 Å². The van der Waals surface area contributed by atoms with Crippen LogP contribution in [-0.4, -0.2) is 81.8 Å². The Morgan fingerprint density at radius 3 is 2.17 bits per heavy atom. The van der Waals surface area contributed by atoms with Gasteiger partial charge < -0.3 is 9.80 Å². The molecule has 36 heavy (non-hydrogen) atoms. The normalized spacial score (nSPS) is 19.7. The van der Waals surface area contributed by atoms with Crippen molar-refractivity contribution < 1.29 is 19.2 Å². The summed E-state index contributed by atoms with van der Waals surface area (Å²) in [7, 11) is 0. The molecule has 188 valence electrons. The molecule has 1 unspecified atom stereocenters. The van der Waals surface area contributed by atoms with Crippen LogP contribution in [-0.2, 0) is 4.79 Å². The number of benzene rings is 1. The number of nitrogens with zero attached hydrogens (tertiary/aromatic N) is 4. The number of rotatable bonds is 5. The summed E-state index contributed by atoms with van der Waals surface area (Å²) in [6.45, 7) is 4.31. The number of hydrogen-bond donors (Lipinski definition) is 0. The zero-order valence-corrected chi connectivity index (χ0v) is 21.4. The molecule has 1 aromatic carbocycles. The number of carbonyl (C=O) groups is 4. The SMILES string of the molecule is CCC(C(=O)N1CCC2(CCN(C(=O)c3cccnc3SC)CC2)C1)N1C(=O)c2ccccc2C1=O. The van der Waals surface area contributed by atoms with Crippen LogP contribution >= 0.6 is 11.8 Å². The van der Waals surface area contributed by atoms with E-state index in [9.17, 15) is 19.2 Å². The molecule has 9 heteroatoms. The number of hydrogen-bond acceptors (Lipinski definition) is 6. The first-order valence-corrected chi connectivity index (χ1v) is 13.7. The largest absolute Gasteiger partial charge is 0.340 e. The van der Waals surface area contributed by atoms with E-state index in [1.54, 1.807) is 36.5 Å². The van der Waals surface area contributed by atoms with E-state index in [4.69, 9.17) is 0 Å². The van der Waals surface area contributed by atoms with Crippen molar-refractivity contribution in [3.8, 4) is 0 Å². The van der Waals surface area contributed by atoms with Crippen LogP contribution in [0.1, 0.15) is 63.7 Å². The predicted molar refractivity (Wildman–Crippen MR) is 136 cm³/mol. The maximum Gasteiger partial charge on any atom is 0.262 e. The molecule has 2 saturated heterocycles. The highest BCUT2D eigenvalue weighted by Crippen LogP contribution is 2.41. The molecule has 3 aliphatic rings. The summed E-state index contributed by atoms with van der Waals surface area (Å²) in [4.78, 5) is 61.8. The molecule has 0 bridgehead atoms. The van der Waals surface area contributed by atoms with E-state index in [1.807, 2.05) is 29.0 Å². The lowest BCUT2D eigenvalue weighted by Gasteiger charge is -2.39. The van der Waals surface area contributed by atoms with Gasteiger partial charge in [0.1, 0.15) is 11.1 Å². The molecule has 3 aliphatic heterocycles. The van der Waals surface area contributed by atoms with Crippen LogP contribution in [0, 0.1) is 5.41 Å². The Balaban J connectivity index is 1.24. The minimum absolute atomic E-state index is 0.00454. The van der Waals surface area contributed by atoms with Gasteiger partial charge in [0.15, 0.2) is 0 Å². The maximum atomic E-state index is 13.6. The van der Waals surface area contributed by atoms with Crippen molar-refractivity contribution in [1.29, 1.82) is 0 Å². The second kappa shape index (κ2) is 9.69. The Labute approximate surface area is 215 Å². The summed E-state index contributed by atoms with van der Waals surface area (Å²) in [6, 6.07) is 9.55. The number of amides is 4. The van der Waals surface area contributed by atoms with Crippen LogP contribution in [0.2, 0.25) is 0 Å². The zero-order chi connectivity index (χ0) is 25.4. The van der Waals surface area contributed by atoms with Crippen molar-refractivity contribution in [3.05, 3.63) is 59.3 Å². The third-order valence-corrected chi connectivity index (χ3v) is 8.58. The molecule has 2 aromatic rings. The first-order valence-electron chi connectivity index (χ1n) is 12.4. The van der Waals surface area contributed by atoms with Crippen molar-refractivity contribution in [2.45, 2.75) is 43.7 Å². The molecular weight excluding hydrogens is 476 g/mol. The quantitative estimate of drug-likeness (QED) is 0.456. The highest BCUT2D eigenvalue weighted by atomic mass is 32.2. The van der Waals surface area contributed by atoms with Crippen molar-refractivity contribution in [2.24, 2.45) is 5.41 Å². The summed E-state index contributed by atoms with van der Waals surface area (Å²) in [6.07, 6.45) is 6.49. The van der Waals surface area contributed by atoms with Gasteiger partial charge in [-0.3, -0.25) is 24.1 Å².